The molecule has 0 aliphatic heterocycles. The van der Waals surface area contributed by atoms with Gasteiger partial charge >= 0.3 is 7.80 Å². The SMILES string of the molecule is COc1ccc([P+](=O)c2cccc(F)c2)cc1. The van der Waals surface area contributed by atoms with E-state index in [4.69, 9.17) is 4.74 Å². The Morgan fingerprint density at radius 3 is 2.35 bits per heavy atom. The molecule has 4 heteroatoms. The van der Waals surface area contributed by atoms with Gasteiger partial charge in [0.05, 0.1) is 7.11 Å². The van der Waals surface area contributed by atoms with Gasteiger partial charge < -0.3 is 4.74 Å². The predicted octanol–water partition coefficient (Wildman–Crippen LogP) is 2.61. The summed E-state index contributed by atoms with van der Waals surface area (Å²) >= 11 is 0. The first-order valence-corrected chi connectivity index (χ1v) is 6.33. The minimum absolute atomic E-state index is 0.376. The van der Waals surface area contributed by atoms with Crippen LogP contribution in [0.15, 0.2) is 48.5 Å². The molecule has 0 aromatic heterocycles. The molecule has 0 saturated carbocycles. The van der Waals surface area contributed by atoms with E-state index in [1.807, 2.05) is 0 Å². The quantitative estimate of drug-likeness (QED) is 0.781. The van der Waals surface area contributed by atoms with Crippen LogP contribution in [0.1, 0.15) is 0 Å². The molecule has 0 aliphatic rings. The molecule has 0 fully saturated rings. The molecular weight excluding hydrogens is 238 g/mol. The van der Waals surface area contributed by atoms with Gasteiger partial charge in [-0.3, -0.25) is 0 Å². The molecule has 0 N–H and O–H groups in total. The molecule has 0 saturated heterocycles. The van der Waals surface area contributed by atoms with E-state index in [-0.39, 0.29) is 5.82 Å². The van der Waals surface area contributed by atoms with Crippen molar-refractivity contribution < 1.29 is 13.7 Å². The lowest BCUT2D eigenvalue weighted by atomic mass is 10.3. The topological polar surface area (TPSA) is 26.3 Å². The van der Waals surface area contributed by atoms with Crippen LogP contribution in [0.25, 0.3) is 0 Å². The Bertz CT molecular complexity index is 537. The van der Waals surface area contributed by atoms with Crippen LogP contribution < -0.4 is 15.3 Å². The molecular formula is C13H11FO2P+. The molecule has 0 radical (unpaired) electrons. The van der Waals surface area contributed by atoms with Crippen LogP contribution in [0, 0.1) is 5.82 Å². The third kappa shape index (κ3) is 2.69. The Kier molecular flexibility index (Phi) is 3.50. The molecule has 2 nitrogen and oxygen atoms in total. The highest BCUT2D eigenvalue weighted by Crippen LogP contribution is 2.21. The highest BCUT2D eigenvalue weighted by Gasteiger charge is 2.23. The van der Waals surface area contributed by atoms with Crippen LogP contribution in [0.4, 0.5) is 4.39 Å². The molecule has 0 aliphatic carbocycles. The normalized spacial score (nSPS) is 11.1. The summed E-state index contributed by atoms with van der Waals surface area (Å²) in [6.45, 7) is 0. The molecule has 0 amide bonds. The Hall–Kier alpha value is -1.73. The fraction of sp³-hybridized carbons (Fsp3) is 0.0769. The highest BCUT2D eigenvalue weighted by atomic mass is 31.1. The fourth-order valence-corrected chi connectivity index (χ4v) is 2.65. The van der Waals surface area contributed by atoms with E-state index in [1.54, 1.807) is 43.5 Å². The summed E-state index contributed by atoms with van der Waals surface area (Å²) in [5.74, 6) is 0.329. The first-order chi connectivity index (χ1) is 8.20. The van der Waals surface area contributed by atoms with E-state index < -0.39 is 7.80 Å². The van der Waals surface area contributed by atoms with Crippen molar-refractivity contribution in [2.24, 2.45) is 0 Å². The van der Waals surface area contributed by atoms with Crippen molar-refractivity contribution in [1.29, 1.82) is 0 Å². The number of halogens is 1. The van der Waals surface area contributed by atoms with Gasteiger partial charge in [0.1, 0.15) is 11.6 Å². The molecule has 1 unspecified atom stereocenters. The van der Waals surface area contributed by atoms with Gasteiger partial charge in [0, 0.05) is 6.07 Å². The zero-order chi connectivity index (χ0) is 12.3. The van der Waals surface area contributed by atoms with Crippen molar-refractivity contribution in [1.82, 2.24) is 0 Å². The maximum absolute atomic E-state index is 13.0. The summed E-state index contributed by atoms with van der Waals surface area (Å²) < 4.78 is 30.2. The summed E-state index contributed by atoms with van der Waals surface area (Å²) in [7, 11) is -0.179. The molecule has 86 valence electrons. The first kappa shape index (κ1) is 11.7. The number of benzene rings is 2. The van der Waals surface area contributed by atoms with Gasteiger partial charge in [-0.15, -0.1) is 0 Å². The molecule has 0 spiro atoms. The smallest absolute Gasteiger partial charge is 0.415 e. The van der Waals surface area contributed by atoms with E-state index in [2.05, 4.69) is 0 Å². The zero-order valence-corrected chi connectivity index (χ0v) is 10.2. The summed E-state index contributed by atoms with van der Waals surface area (Å²) in [5, 5.41) is 1.15. The fourth-order valence-electron chi connectivity index (χ4n) is 1.47. The van der Waals surface area contributed by atoms with Crippen LogP contribution in [-0.4, -0.2) is 7.11 Å². The van der Waals surface area contributed by atoms with Gasteiger partial charge in [-0.05, 0) is 36.4 Å². The number of ether oxygens (including phenoxy) is 1. The van der Waals surface area contributed by atoms with Crippen molar-refractivity contribution in [2.75, 3.05) is 7.11 Å². The summed E-state index contributed by atoms with van der Waals surface area (Å²) in [5.41, 5.74) is 0. The molecule has 2 rings (SSSR count). The summed E-state index contributed by atoms with van der Waals surface area (Å²) in [6, 6.07) is 12.8. The lowest BCUT2D eigenvalue weighted by molar-refractivity contribution is 0.415. The Labute approximate surface area is 99.8 Å². The third-order valence-electron chi connectivity index (χ3n) is 2.35. The Balaban J connectivity index is 2.30. The van der Waals surface area contributed by atoms with E-state index in [0.717, 1.165) is 0 Å². The molecule has 0 bridgehead atoms. The second-order valence-corrected chi connectivity index (χ2v) is 5.09. The van der Waals surface area contributed by atoms with Crippen LogP contribution in [0.2, 0.25) is 0 Å². The molecule has 2 aromatic carbocycles. The van der Waals surface area contributed by atoms with E-state index in [9.17, 15) is 8.96 Å². The van der Waals surface area contributed by atoms with Gasteiger partial charge in [-0.1, -0.05) is 10.6 Å². The van der Waals surface area contributed by atoms with Gasteiger partial charge in [0.15, 0.2) is 10.6 Å². The van der Waals surface area contributed by atoms with Gasteiger partial charge in [0.2, 0.25) is 0 Å². The van der Waals surface area contributed by atoms with Crippen molar-refractivity contribution >= 4 is 18.4 Å². The monoisotopic (exact) mass is 249 g/mol. The van der Waals surface area contributed by atoms with E-state index >= 15 is 0 Å². The van der Waals surface area contributed by atoms with Crippen molar-refractivity contribution in [3.63, 3.8) is 0 Å². The largest absolute Gasteiger partial charge is 0.497 e. The summed E-state index contributed by atoms with van der Waals surface area (Å²) in [4.78, 5) is 0. The van der Waals surface area contributed by atoms with Crippen LogP contribution in [0.5, 0.6) is 5.75 Å². The average molecular weight is 249 g/mol. The average Bonchev–Trinajstić information content (AvgIpc) is 2.38. The van der Waals surface area contributed by atoms with Gasteiger partial charge in [-0.25, -0.2) is 4.39 Å². The molecule has 2 aromatic rings. The standard InChI is InChI=1S/C13H11FO2P/c1-16-11-5-7-12(8-6-11)17(15)13-4-2-3-10(14)9-13/h2-9H,1H3/q+1. The van der Waals surface area contributed by atoms with Gasteiger partial charge in [-0.2, -0.15) is 0 Å². The van der Waals surface area contributed by atoms with Crippen LogP contribution in [-0.2, 0) is 4.57 Å². The van der Waals surface area contributed by atoms with Crippen LogP contribution in [0.3, 0.4) is 0 Å². The highest BCUT2D eigenvalue weighted by molar-refractivity contribution is 7.61. The maximum atomic E-state index is 13.0. The molecule has 17 heavy (non-hydrogen) atoms. The lowest BCUT2D eigenvalue weighted by Crippen LogP contribution is -2.06. The minimum Gasteiger partial charge on any atom is -0.497 e. The molecule has 0 heterocycles. The maximum Gasteiger partial charge on any atom is 0.415 e. The summed E-state index contributed by atoms with van der Waals surface area (Å²) in [6.07, 6.45) is 0. The number of hydrogen-bond acceptors (Lipinski definition) is 2. The zero-order valence-electron chi connectivity index (χ0n) is 9.26. The lowest BCUT2D eigenvalue weighted by Gasteiger charge is -1.96. The third-order valence-corrected chi connectivity index (χ3v) is 3.86. The Morgan fingerprint density at radius 2 is 1.76 bits per heavy atom. The number of methoxy groups -OCH3 is 1. The second-order valence-electron chi connectivity index (χ2n) is 3.47. The van der Waals surface area contributed by atoms with Crippen molar-refractivity contribution in [2.45, 2.75) is 0 Å². The number of rotatable bonds is 3. The van der Waals surface area contributed by atoms with Gasteiger partial charge in [0.25, 0.3) is 0 Å². The minimum atomic E-state index is -1.75. The van der Waals surface area contributed by atoms with Crippen molar-refractivity contribution in [3.05, 3.63) is 54.3 Å². The first-order valence-electron chi connectivity index (χ1n) is 5.07. The van der Waals surface area contributed by atoms with E-state index in [1.165, 1.54) is 12.1 Å². The van der Waals surface area contributed by atoms with Crippen molar-refractivity contribution in [3.8, 4) is 5.75 Å². The predicted molar refractivity (Wildman–Crippen MR) is 66.3 cm³/mol. The molecule has 1 atom stereocenters. The second kappa shape index (κ2) is 5.07. The number of hydrogen-bond donors (Lipinski definition) is 0. The van der Waals surface area contributed by atoms with E-state index in [0.29, 0.717) is 16.4 Å². The van der Waals surface area contributed by atoms with Crippen LogP contribution >= 0.6 is 7.80 Å². The Morgan fingerprint density at radius 1 is 1.06 bits per heavy atom.